The smallest absolute Gasteiger partial charge is 0.0346 e. The highest BCUT2D eigenvalue weighted by Gasteiger charge is 2.28. The Balaban J connectivity index is 2.36. The quantitative estimate of drug-likeness (QED) is 0.425. The van der Waals surface area contributed by atoms with Crippen molar-refractivity contribution in [3.05, 3.63) is 83.0 Å². The Morgan fingerprint density at radius 3 is 2.61 bits per heavy atom. The maximum Gasteiger partial charge on any atom is 0.0346 e. The van der Waals surface area contributed by atoms with Crippen molar-refractivity contribution < 1.29 is 0 Å². The maximum atomic E-state index is 8.86. The molecule has 0 aliphatic heterocycles. The molecule has 1 aromatic rings. The van der Waals surface area contributed by atoms with Crippen LogP contribution in [0.5, 0.6) is 0 Å². The second kappa shape index (κ2) is 10.4. The van der Waals surface area contributed by atoms with Crippen molar-refractivity contribution in [1.82, 2.24) is 0 Å². The molecule has 0 heterocycles. The summed E-state index contributed by atoms with van der Waals surface area (Å²) in [6.45, 7) is 11.1. The van der Waals surface area contributed by atoms with Crippen LogP contribution in [0.25, 0.3) is 0 Å². The molecule has 150 valence electrons. The lowest BCUT2D eigenvalue weighted by molar-refractivity contribution is 0.520. The summed E-state index contributed by atoms with van der Waals surface area (Å²) in [6, 6.07) is 10.6. The van der Waals surface area contributed by atoms with Gasteiger partial charge in [0.25, 0.3) is 0 Å². The van der Waals surface area contributed by atoms with Gasteiger partial charge in [-0.15, -0.1) is 0 Å². The van der Waals surface area contributed by atoms with E-state index in [1.54, 1.807) is 0 Å². The Morgan fingerprint density at radius 2 is 1.96 bits per heavy atom. The standard InChI is InChI=1S/C27H37N/c1-6-11-25-18-22(4)16-17-27(25,5)20-24(19-23-12-9-8-10-13-23)26(28)15-14-21(3)7-2/h6,8-13,16,18,20-21,28H,7,14-15,17,19H2,1-5H3/b11-6+,24-20+,28-26?. The van der Waals surface area contributed by atoms with Gasteiger partial charge in [0.15, 0.2) is 0 Å². The second-order valence-electron chi connectivity index (χ2n) is 8.53. The van der Waals surface area contributed by atoms with Crippen LogP contribution in [0.2, 0.25) is 0 Å². The van der Waals surface area contributed by atoms with E-state index >= 15 is 0 Å². The van der Waals surface area contributed by atoms with E-state index in [-0.39, 0.29) is 5.41 Å². The predicted molar refractivity (Wildman–Crippen MR) is 124 cm³/mol. The van der Waals surface area contributed by atoms with Crippen molar-refractivity contribution in [3.8, 4) is 0 Å². The van der Waals surface area contributed by atoms with Gasteiger partial charge in [0.1, 0.15) is 0 Å². The molecule has 2 atom stereocenters. The number of allylic oxidation sites excluding steroid dienone is 8. The van der Waals surface area contributed by atoms with E-state index in [2.05, 4.69) is 95.3 Å². The Labute approximate surface area is 172 Å². The molecule has 0 saturated heterocycles. The number of hydrogen-bond acceptors (Lipinski definition) is 1. The van der Waals surface area contributed by atoms with E-state index in [1.807, 2.05) is 0 Å². The van der Waals surface area contributed by atoms with E-state index < -0.39 is 0 Å². The number of rotatable bonds is 9. The summed E-state index contributed by atoms with van der Waals surface area (Å²) < 4.78 is 0. The molecule has 0 aromatic heterocycles. The van der Waals surface area contributed by atoms with E-state index in [4.69, 9.17) is 5.41 Å². The van der Waals surface area contributed by atoms with Crippen LogP contribution in [0.15, 0.2) is 77.4 Å². The Bertz CT molecular complexity index is 776. The molecule has 1 aliphatic rings. The van der Waals surface area contributed by atoms with Gasteiger partial charge in [-0.05, 0) is 62.2 Å². The lowest BCUT2D eigenvalue weighted by Crippen LogP contribution is -2.20. The van der Waals surface area contributed by atoms with E-state index in [0.717, 1.165) is 31.4 Å². The van der Waals surface area contributed by atoms with Crippen molar-refractivity contribution in [2.24, 2.45) is 11.3 Å². The van der Waals surface area contributed by atoms with Crippen molar-refractivity contribution in [2.45, 2.75) is 66.7 Å². The SMILES string of the molecule is C/C=C/C1=CC(C)=CCC1(C)/C=C(\Cc1ccccc1)C(=N)CCC(C)CC. The molecule has 1 aromatic carbocycles. The molecule has 28 heavy (non-hydrogen) atoms. The summed E-state index contributed by atoms with van der Waals surface area (Å²) in [5.41, 5.74) is 5.88. The fourth-order valence-corrected chi connectivity index (χ4v) is 3.72. The maximum absolute atomic E-state index is 8.86. The van der Waals surface area contributed by atoms with Gasteiger partial charge in [0, 0.05) is 11.1 Å². The van der Waals surface area contributed by atoms with Crippen LogP contribution in [0.1, 0.15) is 65.9 Å². The molecule has 1 N–H and O–H groups in total. The summed E-state index contributed by atoms with van der Waals surface area (Å²) in [7, 11) is 0. The summed E-state index contributed by atoms with van der Waals surface area (Å²) in [5.74, 6) is 0.674. The summed E-state index contributed by atoms with van der Waals surface area (Å²) in [6.07, 6.45) is 16.3. The van der Waals surface area contributed by atoms with Crippen molar-refractivity contribution in [2.75, 3.05) is 0 Å². The van der Waals surface area contributed by atoms with Gasteiger partial charge >= 0.3 is 0 Å². The molecular weight excluding hydrogens is 338 g/mol. The molecule has 0 saturated carbocycles. The Kier molecular flexibility index (Phi) is 8.23. The second-order valence-corrected chi connectivity index (χ2v) is 8.53. The highest BCUT2D eigenvalue weighted by atomic mass is 14.4. The average Bonchev–Trinajstić information content (AvgIpc) is 2.69. The predicted octanol–water partition coefficient (Wildman–Crippen LogP) is 7.86. The Morgan fingerprint density at radius 1 is 1.25 bits per heavy atom. The third-order valence-corrected chi connectivity index (χ3v) is 5.94. The van der Waals surface area contributed by atoms with Crippen molar-refractivity contribution in [3.63, 3.8) is 0 Å². The largest absolute Gasteiger partial charge is 0.305 e. The molecular formula is C27H37N. The molecule has 2 unspecified atom stereocenters. The number of benzene rings is 1. The molecule has 0 radical (unpaired) electrons. The molecule has 2 rings (SSSR count). The monoisotopic (exact) mass is 375 g/mol. The van der Waals surface area contributed by atoms with E-state index in [9.17, 15) is 0 Å². The highest BCUT2D eigenvalue weighted by molar-refractivity contribution is 5.98. The van der Waals surface area contributed by atoms with Crippen LogP contribution in [0, 0.1) is 16.7 Å². The van der Waals surface area contributed by atoms with Gasteiger partial charge in [0.05, 0.1) is 0 Å². The van der Waals surface area contributed by atoms with Crippen LogP contribution in [-0.2, 0) is 6.42 Å². The van der Waals surface area contributed by atoms with Gasteiger partial charge in [-0.3, -0.25) is 0 Å². The molecule has 0 bridgehead atoms. The van der Waals surface area contributed by atoms with E-state index in [0.29, 0.717) is 5.92 Å². The fraction of sp³-hybridized carbons (Fsp3) is 0.444. The van der Waals surface area contributed by atoms with Gasteiger partial charge in [-0.25, -0.2) is 0 Å². The molecule has 0 spiro atoms. The molecule has 1 nitrogen and oxygen atoms in total. The minimum absolute atomic E-state index is 0.0567. The third-order valence-electron chi connectivity index (χ3n) is 5.94. The first-order valence-electron chi connectivity index (χ1n) is 10.7. The fourth-order valence-electron chi connectivity index (χ4n) is 3.72. The minimum atomic E-state index is -0.0567. The van der Waals surface area contributed by atoms with Crippen molar-refractivity contribution >= 4 is 5.71 Å². The minimum Gasteiger partial charge on any atom is -0.305 e. The zero-order valence-electron chi connectivity index (χ0n) is 18.4. The number of nitrogens with one attached hydrogen (secondary N) is 1. The van der Waals surface area contributed by atoms with Gasteiger partial charge < -0.3 is 5.41 Å². The van der Waals surface area contributed by atoms with E-state index in [1.165, 1.54) is 28.7 Å². The Hall–Kier alpha value is -2.15. The van der Waals surface area contributed by atoms with Crippen LogP contribution in [0.4, 0.5) is 0 Å². The van der Waals surface area contributed by atoms with Crippen LogP contribution in [-0.4, -0.2) is 5.71 Å². The first-order chi connectivity index (χ1) is 13.4. The normalized spacial score (nSPS) is 21.4. The van der Waals surface area contributed by atoms with Gasteiger partial charge in [-0.1, -0.05) is 93.5 Å². The first-order valence-corrected chi connectivity index (χ1v) is 10.7. The summed E-state index contributed by atoms with van der Waals surface area (Å²) in [4.78, 5) is 0. The summed E-state index contributed by atoms with van der Waals surface area (Å²) in [5, 5.41) is 8.86. The van der Waals surface area contributed by atoms with Gasteiger partial charge in [0.2, 0.25) is 0 Å². The third kappa shape index (κ3) is 6.19. The lowest BCUT2D eigenvalue weighted by atomic mass is 9.72. The molecule has 1 heteroatoms. The summed E-state index contributed by atoms with van der Waals surface area (Å²) >= 11 is 0. The molecule has 0 fully saturated rings. The lowest BCUT2D eigenvalue weighted by Gasteiger charge is -2.31. The van der Waals surface area contributed by atoms with Crippen LogP contribution in [0.3, 0.4) is 0 Å². The first kappa shape index (κ1) is 22.1. The molecule has 1 aliphatic carbocycles. The zero-order chi connectivity index (χ0) is 20.6. The van der Waals surface area contributed by atoms with Crippen molar-refractivity contribution in [1.29, 1.82) is 5.41 Å². The van der Waals surface area contributed by atoms with Crippen LogP contribution < -0.4 is 0 Å². The highest BCUT2D eigenvalue weighted by Crippen LogP contribution is 2.40. The number of hydrogen-bond donors (Lipinski definition) is 1. The molecule has 0 amide bonds. The topological polar surface area (TPSA) is 23.9 Å². The average molecular weight is 376 g/mol. The zero-order valence-corrected chi connectivity index (χ0v) is 18.4. The van der Waals surface area contributed by atoms with Crippen LogP contribution >= 0.6 is 0 Å². The van der Waals surface area contributed by atoms with Gasteiger partial charge in [-0.2, -0.15) is 0 Å².